The molecule has 0 unspecified atom stereocenters. The molecule has 1 saturated heterocycles. The number of aromatic nitrogens is 1. The van der Waals surface area contributed by atoms with Crippen molar-refractivity contribution < 1.29 is 22.0 Å². The van der Waals surface area contributed by atoms with Crippen LogP contribution < -0.4 is 4.90 Å². The molecular formula is C10H9F5N2. The zero-order valence-electron chi connectivity index (χ0n) is 8.59. The Kier molecular flexibility index (Phi) is 2.92. The first-order chi connectivity index (χ1) is 7.88. The van der Waals surface area contributed by atoms with Crippen LogP contribution in [0, 0.1) is 5.92 Å². The average Bonchev–Trinajstić information content (AvgIpc) is 2.14. The lowest BCUT2D eigenvalue weighted by Crippen LogP contribution is -2.50. The molecule has 0 saturated carbocycles. The van der Waals surface area contributed by atoms with Crippen LogP contribution in [0.4, 0.5) is 27.8 Å². The van der Waals surface area contributed by atoms with E-state index < -0.39 is 24.1 Å². The van der Waals surface area contributed by atoms with E-state index in [-0.39, 0.29) is 13.1 Å². The standard InChI is InChI=1S/C10H9F5N2/c11-9(12)6-4-17(5-6)8-2-1-7(3-16-8)10(13,14)15/h1-3,6,9H,4-5H2. The van der Waals surface area contributed by atoms with E-state index >= 15 is 0 Å². The molecule has 2 heterocycles. The highest BCUT2D eigenvalue weighted by atomic mass is 19.4. The highest BCUT2D eigenvalue weighted by Gasteiger charge is 2.35. The molecule has 0 bridgehead atoms. The fourth-order valence-corrected chi connectivity index (χ4v) is 1.60. The summed E-state index contributed by atoms with van der Waals surface area (Å²) < 4.78 is 61.1. The molecule has 0 radical (unpaired) electrons. The quantitative estimate of drug-likeness (QED) is 0.752. The van der Waals surface area contributed by atoms with Gasteiger partial charge in [0.05, 0.1) is 11.5 Å². The molecule has 0 amide bonds. The fourth-order valence-electron chi connectivity index (χ4n) is 1.60. The molecule has 0 atom stereocenters. The molecule has 7 heteroatoms. The first-order valence-corrected chi connectivity index (χ1v) is 4.94. The van der Waals surface area contributed by atoms with Crippen LogP contribution in [0.25, 0.3) is 0 Å². The van der Waals surface area contributed by atoms with E-state index in [1.54, 1.807) is 0 Å². The van der Waals surface area contributed by atoms with E-state index in [0.29, 0.717) is 12.0 Å². The van der Waals surface area contributed by atoms with Crippen LogP contribution in [0.3, 0.4) is 0 Å². The number of pyridine rings is 1. The molecule has 94 valence electrons. The Labute approximate surface area is 94.1 Å². The monoisotopic (exact) mass is 252 g/mol. The molecule has 0 N–H and O–H groups in total. The SMILES string of the molecule is FC(F)C1CN(c2ccc(C(F)(F)F)cn2)C1. The van der Waals surface area contributed by atoms with Crippen molar-refractivity contribution in [1.82, 2.24) is 4.98 Å². The van der Waals surface area contributed by atoms with Crippen LogP contribution in [0.15, 0.2) is 18.3 Å². The first-order valence-electron chi connectivity index (χ1n) is 4.94. The van der Waals surface area contributed by atoms with Crippen molar-refractivity contribution in [3.05, 3.63) is 23.9 Å². The van der Waals surface area contributed by atoms with Crippen molar-refractivity contribution in [2.45, 2.75) is 12.6 Å². The largest absolute Gasteiger partial charge is 0.417 e. The molecule has 1 aromatic heterocycles. The third-order valence-corrected chi connectivity index (χ3v) is 2.67. The maximum Gasteiger partial charge on any atom is 0.417 e. The third-order valence-electron chi connectivity index (χ3n) is 2.67. The lowest BCUT2D eigenvalue weighted by Gasteiger charge is -2.39. The number of anilines is 1. The first kappa shape index (κ1) is 12.1. The molecular weight excluding hydrogens is 243 g/mol. The van der Waals surface area contributed by atoms with Crippen molar-refractivity contribution in [3.8, 4) is 0 Å². The number of rotatable bonds is 2. The van der Waals surface area contributed by atoms with E-state index in [2.05, 4.69) is 4.98 Å². The van der Waals surface area contributed by atoms with Gasteiger partial charge in [0.25, 0.3) is 0 Å². The minimum absolute atomic E-state index is 0.135. The summed E-state index contributed by atoms with van der Waals surface area (Å²) in [4.78, 5) is 5.15. The van der Waals surface area contributed by atoms with E-state index in [0.717, 1.165) is 6.07 Å². The van der Waals surface area contributed by atoms with Gasteiger partial charge in [-0.25, -0.2) is 13.8 Å². The molecule has 0 aliphatic carbocycles. The van der Waals surface area contributed by atoms with Gasteiger partial charge < -0.3 is 4.90 Å². The number of alkyl halides is 5. The van der Waals surface area contributed by atoms with Crippen molar-refractivity contribution >= 4 is 5.82 Å². The second-order valence-corrected chi connectivity index (χ2v) is 3.90. The fraction of sp³-hybridized carbons (Fsp3) is 0.500. The van der Waals surface area contributed by atoms with Crippen molar-refractivity contribution in [1.29, 1.82) is 0 Å². The van der Waals surface area contributed by atoms with E-state index in [1.165, 1.54) is 11.0 Å². The van der Waals surface area contributed by atoms with Crippen molar-refractivity contribution in [3.63, 3.8) is 0 Å². The Morgan fingerprint density at radius 3 is 2.29 bits per heavy atom. The predicted molar refractivity (Wildman–Crippen MR) is 50.9 cm³/mol. The Bertz CT molecular complexity index is 381. The molecule has 2 nitrogen and oxygen atoms in total. The number of halogens is 5. The summed E-state index contributed by atoms with van der Waals surface area (Å²) in [7, 11) is 0. The predicted octanol–water partition coefficient (Wildman–Crippen LogP) is 2.80. The minimum Gasteiger partial charge on any atom is -0.355 e. The van der Waals surface area contributed by atoms with Gasteiger partial charge in [-0.2, -0.15) is 13.2 Å². The minimum atomic E-state index is -4.42. The van der Waals surface area contributed by atoms with Crippen molar-refractivity contribution in [2.24, 2.45) is 5.92 Å². The lowest BCUT2D eigenvalue weighted by molar-refractivity contribution is -0.137. The number of hydrogen-bond acceptors (Lipinski definition) is 2. The summed E-state index contributed by atoms with van der Waals surface area (Å²) >= 11 is 0. The summed E-state index contributed by atoms with van der Waals surface area (Å²) in [6.07, 6.45) is -6.10. The third kappa shape index (κ3) is 2.48. The van der Waals surface area contributed by atoms with Gasteiger partial charge in [0.2, 0.25) is 6.43 Å². The summed E-state index contributed by atoms with van der Waals surface area (Å²) in [6.45, 7) is 0.270. The van der Waals surface area contributed by atoms with Gasteiger partial charge in [-0.1, -0.05) is 0 Å². The zero-order chi connectivity index (χ0) is 12.6. The number of hydrogen-bond donors (Lipinski definition) is 0. The maximum absolute atomic E-state index is 12.2. The molecule has 17 heavy (non-hydrogen) atoms. The molecule has 1 fully saturated rings. The van der Waals surface area contributed by atoms with Gasteiger partial charge in [0.15, 0.2) is 0 Å². The molecule has 1 aromatic rings. The normalized spacial score (nSPS) is 17.4. The van der Waals surface area contributed by atoms with Crippen LogP contribution >= 0.6 is 0 Å². The molecule has 2 rings (SSSR count). The van der Waals surface area contributed by atoms with Gasteiger partial charge >= 0.3 is 6.18 Å². The highest BCUT2D eigenvalue weighted by molar-refractivity contribution is 5.42. The zero-order valence-corrected chi connectivity index (χ0v) is 8.59. The highest BCUT2D eigenvalue weighted by Crippen LogP contribution is 2.31. The Balaban J connectivity index is 2.01. The lowest BCUT2D eigenvalue weighted by atomic mass is 10.0. The van der Waals surface area contributed by atoms with Crippen LogP contribution in [0.1, 0.15) is 5.56 Å². The van der Waals surface area contributed by atoms with E-state index in [1.807, 2.05) is 0 Å². The summed E-state index contributed by atoms with van der Waals surface area (Å²) in [6, 6.07) is 2.10. The van der Waals surface area contributed by atoms with Crippen LogP contribution in [0.5, 0.6) is 0 Å². The summed E-state index contributed by atoms with van der Waals surface area (Å²) in [5.41, 5.74) is -0.841. The average molecular weight is 252 g/mol. The second kappa shape index (κ2) is 4.12. The van der Waals surface area contributed by atoms with Crippen molar-refractivity contribution in [2.75, 3.05) is 18.0 Å². The molecule has 0 spiro atoms. The van der Waals surface area contributed by atoms with Gasteiger partial charge in [-0.15, -0.1) is 0 Å². The topological polar surface area (TPSA) is 16.1 Å². The van der Waals surface area contributed by atoms with E-state index in [4.69, 9.17) is 0 Å². The Morgan fingerprint density at radius 2 is 1.88 bits per heavy atom. The van der Waals surface area contributed by atoms with Gasteiger partial charge in [-0.05, 0) is 12.1 Å². The maximum atomic E-state index is 12.2. The van der Waals surface area contributed by atoms with Gasteiger partial charge in [0, 0.05) is 19.3 Å². The second-order valence-electron chi connectivity index (χ2n) is 3.90. The van der Waals surface area contributed by atoms with Gasteiger partial charge in [0.1, 0.15) is 5.82 Å². The summed E-state index contributed by atoms with van der Waals surface area (Å²) in [5.74, 6) is -0.408. The van der Waals surface area contributed by atoms with Crippen LogP contribution in [0.2, 0.25) is 0 Å². The smallest absolute Gasteiger partial charge is 0.355 e. The number of nitrogens with zero attached hydrogens (tertiary/aromatic N) is 2. The molecule has 1 aliphatic heterocycles. The van der Waals surface area contributed by atoms with Crippen LogP contribution in [-0.2, 0) is 6.18 Å². The van der Waals surface area contributed by atoms with Crippen LogP contribution in [-0.4, -0.2) is 24.5 Å². The van der Waals surface area contributed by atoms with Gasteiger partial charge in [-0.3, -0.25) is 0 Å². The Morgan fingerprint density at radius 1 is 1.24 bits per heavy atom. The Hall–Kier alpha value is -1.40. The van der Waals surface area contributed by atoms with E-state index in [9.17, 15) is 22.0 Å². The molecule has 1 aliphatic rings. The summed E-state index contributed by atoms with van der Waals surface area (Å²) in [5, 5.41) is 0. The molecule has 0 aromatic carbocycles.